The minimum Gasteiger partial charge on any atom is -0.508 e. The molecule has 7 heteroatoms. The Labute approximate surface area is 122 Å². The molecule has 1 aromatic carbocycles. The van der Waals surface area contributed by atoms with Crippen molar-refractivity contribution in [1.29, 1.82) is 0 Å². The van der Waals surface area contributed by atoms with Crippen LogP contribution < -0.4 is 10.5 Å². The van der Waals surface area contributed by atoms with Gasteiger partial charge < -0.3 is 15.6 Å². The second-order valence-electron chi connectivity index (χ2n) is 4.37. The number of benzene rings is 1. The van der Waals surface area contributed by atoms with E-state index in [9.17, 15) is 18.3 Å². The Bertz CT molecular complexity index is 413. The van der Waals surface area contributed by atoms with Crippen LogP contribution in [-0.2, 0) is 0 Å². The van der Waals surface area contributed by atoms with Crippen LogP contribution >= 0.6 is 12.4 Å². The summed E-state index contributed by atoms with van der Waals surface area (Å²) in [5.41, 5.74) is 6.15. The molecule has 0 aliphatic heterocycles. The molecule has 3 N–H and O–H groups in total. The van der Waals surface area contributed by atoms with Gasteiger partial charge in [0, 0.05) is 11.6 Å². The molecule has 0 aliphatic rings. The van der Waals surface area contributed by atoms with Crippen LogP contribution in [0.5, 0.6) is 11.5 Å². The van der Waals surface area contributed by atoms with Crippen LogP contribution in [0.4, 0.5) is 13.2 Å². The highest BCUT2D eigenvalue weighted by Crippen LogP contribution is 2.32. The molecule has 116 valence electrons. The van der Waals surface area contributed by atoms with Crippen molar-refractivity contribution in [2.24, 2.45) is 5.73 Å². The molecular formula is C13H19ClF3NO2. The number of unbranched alkanes of at least 4 members (excludes halogenated alkanes) is 2. The van der Waals surface area contributed by atoms with Gasteiger partial charge in [0.2, 0.25) is 0 Å². The lowest BCUT2D eigenvalue weighted by atomic mass is 10.0. The van der Waals surface area contributed by atoms with Gasteiger partial charge >= 0.3 is 6.36 Å². The maximum atomic E-state index is 12.1. The number of phenolic OH excluding ortho intramolecular Hbond substituents is 1. The molecule has 1 aromatic rings. The van der Waals surface area contributed by atoms with Crippen LogP contribution in [0, 0.1) is 0 Å². The Morgan fingerprint density at radius 1 is 1.30 bits per heavy atom. The van der Waals surface area contributed by atoms with Crippen molar-refractivity contribution in [2.45, 2.75) is 45.0 Å². The first-order valence-electron chi connectivity index (χ1n) is 6.17. The first-order chi connectivity index (χ1) is 8.83. The van der Waals surface area contributed by atoms with E-state index in [0.29, 0.717) is 6.42 Å². The van der Waals surface area contributed by atoms with Gasteiger partial charge in [-0.15, -0.1) is 25.6 Å². The van der Waals surface area contributed by atoms with Crippen LogP contribution in [0.3, 0.4) is 0 Å². The highest BCUT2D eigenvalue weighted by Gasteiger charge is 2.31. The second-order valence-corrected chi connectivity index (χ2v) is 4.37. The Kier molecular flexibility index (Phi) is 7.75. The molecule has 3 nitrogen and oxygen atoms in total. The standard InChI is InChI=1S/C13H18F3NO2.ClH/c1-2-3-4-5-11(17)10-8-9(6-7-12(10)18)19-13(14,15)16;/h6-8,11,18H,2-5,17H2,1H3;1H/t11-;/m0./s1. The van der Waals surface area contributed by atoms with E-state index in [1.165, 1.54) is 0 Å². The number of aromatic hydroxyl groups is 1. The average molecular weight is 314 g/mol. The van der Waals surface area contributed by atoms with Crippen LogP contribution in [0.15, 0.2) is 18.2 Å². The van der Waals surface area contributed by atoms with E-state index < -0.39 is 12.4 Å². The topological polar surface area (TPSA) is 55.5 Å². The summed E-state index contributed by atoms with van der Waals surface area (Å²) in [6.45, 7) is 2.04. The largest absolute Gasteiger partial charge is 0.573 e. The van der Waals surface area contributed by atoms with Gasteiger partial charge in [-0.3, -0.25) is 0 Å². The van der Waals surface area contributed by atoms with Gasteiger partial charge in [-0.05, 0) is 24.6 Å². The molecule has 20 heavy (non-hydrogen) atoms. The van der Waals surface area contributed by atoms with Gasteiger partial charge in [0.25, 0.3) is 0 Å². The van der Waals surface area contributed by atoms with E-state index in [0.717, 1.165) is 37.5 Å². The molecule has 0 radical (unpaired) electrons. The van der Waals surface area contributed by atoms with E-state index in [2.05, 4.69) is 4.74 Å². The zero-order valence-electron chi connectivity index (χ0n) is 11.1. The molecule has 0 fully saturated rings. The van der Waals surface area contributed by atoms with E-state index in [1.54, 1.807) is 0 Å². The zero-order chi connectivity index (χ0) is 14.5. The van der Waals surface area contributed by atoms with Crippen molar-refractivity contribution in [3.8, 4) is 11.5 Å². The van der Waals surface area contributed by atoms with E-state index >= 15 is 0 Å². The van der Waals surface area contributed by atoms with Crippen molar-refractivity contribution in [3.05, 3.63) is 23.8 Å². The molecular weight excluding hydrogens is 295 g/mol. The molecule has 0 aromatic heterocycles. The SMILES string of the molecule is CCCCC[C@H](N)c1cc(OC(F)(F)F)ccc1O.Cl. The average Bonchev–Trinajstić information content (AvgIpc) is 2.30. The monoisotopic (exact) mass is 313 g/mol. The predicted molar refractivity (Wildman–Crippen MR) is 73.1 cm³/mol. The van der Waals surface area contributed by atoms with E-state index in [4.69, 9.17) is 5.73 Å². The molecule has 0 saturated carbocycles. The molecule has 1 atom stereocenters. The zero-order valence-corrected chi connectivity index (χ0v) is 11.9. The third-order valence-electron chi connectivity index (χ3n) is 2.75. The summed E-state index contributed by atoms with van der Waals surface area (Å²) in [5.74, 6) is -0.482. The number of rotatable bonds is 6. The molecule has 0 aliphatic carbocycles. The van der Waals surface area contributed by atoms with Gasteiger partial charge in [-0.1, -0.05) is 26.2 Å². The maximum Gasteiger partial charge on any atom is 0.573 e. The molecule has 0 amide bonds. The summed E-state index contributed by atoms with van der Waals surface area (Å²) in [6.07, 6.45) is -1.26. The predicted octanol–water partition coefficient (Wildman–Crippen LogP) is 4.29. The third-order valence-corrected chi connectivity index (χ3v) is 2.75. The third kappa shape index (κ3) is 6.34. The van der Waals surface area contributed by atoms with Gasteiger partial charge in [0.15, 0.2) is 0 Å². The summed E-state index contributed by atoms with van der Waals surface area (Å²) in [5, 5.41) is 9.64. The summed E-state index contributed by atoms with van der Waals surface area (Å²) in [4.78, 5) is 0. The minimum absolute atomic E-state index is 0. The molecule has 1 rings (SSSR count). The van der Waals surface area contributed by atoms with Crippen molar-refractivity contribution >= 4 is 12.4 Å². The van der Waals surface area contributed by atoms with E-state index in [1.807, 2.05) is 6.92 Å². The Balaban J connectivity index is 0.00000361. The van der Waals surface area contributed by atoms with Gasteiger partial charge in [-0.25, -0.2) is 0 Å². The van der Waals surface area contributed by atoms with Gasteiger partial charge in [-0.2, -0.15) is 0 Å². The summed E-state index contributed by atoms with van der Waals surface area (Å²) in [6, 6.07) is 2.86. The maximum absolute atomic E-state index is 12.1. The van der Waals surface area contributed by atoms with Crippen LogP contribution in [0.25, 0.3) is 0 Å². The lowest BCUT2D eigenvalue weighted by Gasteiger charge is -2.16. The first kappa shape index (κ1) is 18.9. The number of ether oxygens (including phenoxy) is 1. The summed E-state index contributed by atoms with van der Waals surface area (Å²) >= 11 is 0. The molecule has 0 unspecified atom stereocenters. The normalized spacial score (nSPS) is 12.7. The Morgan fingerprint density at radius 3 is 2.50 bits per heavy atom. The Hall–Kier alpha value is -1.14. The molecule has 0 heterocycles. The fourth-order valence-corrected chi connectivity index (χ4v) is 1.80. The minimum atomic E-state index is -4.75. The number of phenols is 1. The molecule has 0 bridgehead atoms. The summed E-state index contributed by atoms with van der Waals surface area (Å²) in [7, 11) is 0. The van der Waals surface area contributed by atoms with Crippen molar-refractivity contribution in [3.63, 3.8) is 0 Å². The summed E-state index contributed by atoms with van der Waals surface area (Å²) < 4.78 is 40.1. The van der Waals surface area contributed by atoms with Crippen LogP contribution in [-0.4, -0.2) is 11.5 Å². The lowest BCUT2D eigenvalue weighted by molar-refractivity contribution is -0.274. The van der Waals surface area contributed by atoms with Crippen molar-refractivity contribution < 1.29 is 23.0 Å². The second kappa shape index (κ2) is 8.21. The van der Waals surface area contributed by atoms with Gasteiger partial charge in [0.1, 0.15) is 11.5 Å². The number of nitrogens with two attached hydrogens (primary N) is 1. The number of hydrogen-bond donors (Lipinski definition) is 2. The fourth-order valence-electron chi connectivity index (χ4n) is 1.80. The quantitative estimate of drug-likeness (QED) is 0.770. The lowest BCUT2D eigenvalue weighted by Crippen LogP contribution is -2.18. The van der Waals surface area contributed by atoms with Crippen molar-refractivity contribution in [2.75, 3.05) is 0 Å². The Morgan fingerprint density at radius 2 is 1.95 bits per heavy atom. The van der Waals surface area contributed by atoms with Gasteiger partial charge in [0.05, 0.1) is 0 Å². The number of halogens is 4. The van der Waals surface area contributed by atoms with Crippen molar-refractivity contribution in [1.82, 2.24) is 0 Å². The van der Waals surface area contributed by atoms with E-state index in [-0.39, 0.29) is 29.5 Å². The van der Waals surface area contributed by atoms with Crippen LogP contribution in [0.1, 0.15) is 44.2 Å². The number of alkyl halides is 3. The molecule has 0 saturated heterocycles. The fraction of sp³-hybridized carbons (Fsp3) is 0.538. The van der Waals surface area contributed by atoms with Crippen LogP contribution in [0.2, 0.25) is 0 Å². The highest BCUT2D eigenvalue weighted by molar-refractivity contribution is 5.85. The first-order valence-corrected chi connectivity index (χ1v) is 6.17. The molecule has 0 spiro atoms. The smallest absolute Gasteiger partial charge is 0.508 e. The highest BCUT2D eigenvalue weighted by atomic mass is 35.5. The number of hydrogen-bond acceptors (Lipinski definition) is 3.